The topological polar surface area (TPSA) is 78.9 Å². The van der Waals surface area contributed by atoms with Crippen molar-refractivity contribution in [2.45, 2.75) is 463 Å². The summed E-state index contributed by atoms with van der Waals surface area (Å²) in [6, 6.07) is 0. The summed E-state index contributed by atoms with van der Waals surface area (Å²) < 4.78 is 17.1. The van der Waals surface area contributed by atoms with Gasteiger partial charge in [-0.2, -0.15) is 0 Å². The van der Waals surface area contributed by atoms with Crippen molar-refractivity contribution in [3.8, 4) is 0 Å². The highest BCUT2D eigenvalue weighted by Crippen LogP contribution is 2.20. The van der Waals surface area contributed by atoms with Gasteiger partial charge in [-0.15, -0.1) is 0 Å². The van der Waals surface area contributed by atoms with Gasteiger partial charge in [0.1, 0.15) is 13.2 Å². The average molecular weight is 1170 g/mol. The maximum Gasteiger partial charge on any atom is 0.306 e. The van der Waals surface area contributed by atoms with Gasteiger partial charge in [0, 0.05) is 19.3 Å². The van der Waals surface area contributed by atoms with E-state index >= 15 is 0 Å². The highest BCUT2D eigenvalue weighted by Gasteiger charge is 2.20. The Bertz CT molecular complexity index is 1250. The minimum Gasteiger partial charge on any atom is -0.462 e. The Kier molecular flexibility index (Phi) is 71.5. The van der Waals surface area contributed by atoms with Crippen LogP contribution in [0.2, 0.25) is 0 Å². The van der Waals surface area contributed by atoms with Crippen LogP contribution in [0, 0.1) is 0 Å². The molecule has 0 aliphatic rings. The van der Waals surface area contributed by atoms with Crippen LogP contribution in [-0.4, -0.2) is 37.2 Å². The predicted molar refractivity (Wildman–Crippen MR) is 363 cm³/mol. The molecule has 494 valence electrons. The zero-order chi connectivity index (χ0) is 59.9. The number of esters is 3. The number of rotatable bonds is 73. The fraction of sp³-hybridized carbons (Fsp3) is 0.961. The summed E-state index contributed by atoms with van der Waals surface area (Å²) in [4.78, 5) is 38.6. The molecule has 0 N–H and O–H groups in total. The first kappa shape index (κ1) is 81.4. The Morgan fingerprint density at radius 2 is 0.325 bits per heavy atom. The monoisotopic (exact) mass is 1170 g/mol. The number of carbonyl (C=O) groups is 3. The van der Waals surface area contributed by atoms with Crippen LogP contribution in [-0.2, 0) is 28.6 Å². The second-order valence-corrected chi connectivity index (χ2v) is 26.6. The molecule has 1 atom stereocenters. The lowest BCUT2D eigenvalue weighted by atomic mass is 10.0. The molecule has 0 saturated heterocycles. The largest absolute Gasteiger partial charge is 0.462 e. The van der Waals surface area contributed by atoms with E-state index in [9.17, 15) is 14.4 Å². The third-order valence-electron chi connectivity index (χ3n) is 18.1. The molecular formula is C77H150O6. The fourth-order valence-electron chi connectivity index (χ4n) is 12.3. The second-order valence-electron chi connectivity index (χ2n) is 26.6. The maximum absolute atomic E-state index is 13.0. The van der Waals surface area contributed by atoms with Crippen molar-refractivity contribution in [1.82, 2.24) is 0 Å². The Hall–Kier alpha value is -1.59. The third kappa shape index (κ3) is 71.1. The molecule has 0 aliphatic carbocycles. The number of hydrogen-bond acceptors (Lipinski definition) is 6. The van der Waals surface area contributed by atoms with Crippen LogP contribution in [0.3, 0.4) is 0 Å². The summed E-state index contributed by atoms with van der Waals surface area (Å²) in [5.41, 5.74) is 0. The molecule has 0 spiro atoms. The molecule has 0 aliphatic heterocycles. The lowest BCUT2D eigenvalue weighted by Crippen LogP contribution is -2.30. The van der Waals surface area contributed by atoms with Gasteiger partial charge in [0.05, 0.1) is 0 Å². The van der Waals surface area contributed by atoms with E-state index in [4.69, 9.17) is 14.2 Å². The highest BCUT2D eigenvalue weighted by atomic mass is 16.6. The van der Waals surface area contributed by atoms with Gasteiger partial charge in [0.2, 0.25) is 0 Å². The second kappa shape index (κ2) is 72.9. The summed E-state index contributed by atoms with van der Waals surface area (Å²) in [5, 5.41) is 0. The summed E-state index contributed by atoms with van der Waals surface area (Å²) in [6.45, 7) is 6.76. The van der Waals surface area contributed by atoms with Crippen LogP contribution in [0.5, 0.6) is 0 Å². The first-order chi connectivity index (χ1) is 41.0. The standard InChI is InChI=1S/C77H150O6/c1-4-7-10-13-16-19-22-25-28-31-33-35-37-38-40-41-43-46-49-52-55-58-61-64-67-70-76(79)82-73-74(72-81-75(78)69-66-63-60-57-54-51-48-45-30-27-24-21-18-15-12-9-6-3)83-77(80)71-68-65-62-59-56-53-50-47-44-42-39-36-34-32-29-26-23-20-17-14-11-8-5-2/h74H,4-73H2,1-3H3. The predicted octanol–water partition coefficient (Wildman–Crippen LogP) is 26.6. The summed E-state index contributed by atoms with van der Waals surface area (Å²) >= 11 is 0. The molecule has 0 radical (unpaired) electrons. The van der Waals surface area contributed by atoms with E-state index in [1.165, 1.54) is 360 Å². The van der Waals surface area contributed by atoms with Crippen LogP contribution in [0.1, 0.15) is 457 Å². The van der Waals surface area contributed by atoms with Gasteiger partial charge in [0.25, 0.3) is 0 Å². The van der Waals surface area contributed by atoms with E-state index in [2.05, 4.69) is 20.8 Å². The van der Waals surface area contributed by atoms with Gasteiger partial charge in [0.15, 0.2) is 6.10 Å². The van der Waals surface area contributed by atoms with Crippen LogP contribution >= 0.6 is 0 Å². The molecule has 0 fully saturated rings. The van der Waals surface area contributed by atoms with Crippen LogP contribution in [0.25, 0.3) is 0 Å². The van der Waals surface area contributed by atoms with Gasteiger partial charge >= 0.3 is 17.9 Å². The fourth-order valence-corrected chi connectivity index (χ4v) is 12.3. The van der Waals surface area contributed by atoms with Crippen molar-refractivity contribution < 1.29 is 28.6 Å². The highest BCUT2D eigenvalue weighted by molar-refractivity contribution is 5.71. The van der Waals surface area contributed by atoms with Crippen molar-refractivity contribution in [3.63, 3.8) is 0 Å². The smallest absolute Gasteiger partial charge is 0.306 e. The molecule has 0 aromatic heterocycles. The van der Waals surface area contributed by atoms with Crippen molar-refractivity contribution in [1.29, 1.82) is 0 Å². The Morgan fingerprint density at radius 1 is 0.193 bits per heavy atom. The van der Waals surface area contributed by atoms with Gasteiger partial charge < -0.3 is 14.2 Å². The van der Waals surface area contributed by atoms with Crippen LogP contribution < -0.4 is 0 Å². The maximum atomic E-state index is 13.0. The van der Waals surface area contributed by atoms with Gasteiger partial charge in [-0.1, -0.05) is 419 Å². The van der Waals surface area contributed by atoms with Crippen molar-refractivity contribution in [2.24, 2.45) is 0 Å². The number of ether oxygens (including phenoxy) is 3. The number of hydrogen-bond donors (Lipinski definition) is 0. The molecule has 1 unspecified atom stereocenters. The van der Waals surface area contributed by atoms with E-state index < -0.39 is 6.10 Å². The Balaban J connectivity index is 4.23. The zero-order valence-electron chi connectivity index (χ0n) is 57.0. The Labute approximate surface area is 520 Å². The molecule has 6 nitrogen and oxygen atoms in total. The lowest BCUT2D eigenvalue weighted by molar-refractivity contribution is -0.167. The van der Waals surface area contributed by atoms with E-state index in [1.807, 2.05) is 0 Å². The molecule has 0 rings (SSSR count). The SMILES string of the molecule is CCCCCCCCCCCCCCCCCCCCCCCCCCCC(=O)OCC(COC(=O)CCCCCCCCCCCCCCCCCCC)OC(=O)CCCCCCCCCCCCCCCCCCCCCCCCC. The molecule has 0 heterocycles. The first-order valence-corrected chi connectivity index (χ1v) is 38.5. The Morgan fingerprint density at radius 3 is 0.482 bits per heavy atom. The summed E-state index contributed by atoms with van der Waals surface area (Å²) in [5.74, 6) is -0.813. The molecular weight excluding hydrogens is 1020 g/mol. The summed E-state index contributed by atoms with van der Waals surface area (Å²) in [6.07, 6.45) is 87.2. The molecule has 83 heavy (non-hydrogen) atoms. The zero-order valence-corrected chi connectivity index (χ0v) is 57.0. The van der Waals surface area contributed by atoms with Crippen molar-refractivity contribution in [3.05, 3.63) is 0 Å². The first-order valence-electron chi connectivity index (χ1n) is 38.5. The molecule has 0 amide bonds. The summed E-state index contributed by atoms with van der Waals surface area (Å²) in [7, 11) is 0. The number of unbranched alkanes of at least 4 members (excludes halogenated alkanes) is 62. The number of carbonyl (C=O) groups excluding carboxylic acids is 3. The lowest BCUT2D eigenvalue weighted by Gasteiger charge is -2.18. The van der Waals surface area contributed by atoms with Crippen molar-refractivity contribution in [2.75, 3.05) is 13.2 Å². The van der Waals surface area contributed by atoms with Crippen LogP contribution in [0.4, 0.5) is 0 Å². The minimum absolute atomic E-state index is 0.0597. The van der Waals surface area contributed by atoms with Gasteiger partial charge in [-0.3, -0.25) is 14.4 Å². The molecule has 0 bridgehead atoms. The van der Waals surface area contributed by atoms with E-state index in [0.717, 1.165) is 57.8 Å². The average Bonchev–Trinajstić information content (AvgIpc) is 3.49. The van der Waals surface area contributed by atoms with Gasteiger partial charge in [-0.05, 0) is 19.3 Å². The molecule has 0 saturated carbocycles. The van der Waals surface area contributed by atoms with E-state index in [1.54, 1.807) is 0 Å². The van der Waals surface area contributed by atoms with E-state index in [0.29, 0.717) is 19.3 Å². The van der Waals surface area contributed by atoms with Crippen LogP contribution in [0.15, 0.2) is 0 Å². The van der Waals surface area contributed by atoms with Crippen molar-refractivity contribution >= 4 is 17.9 Å². The normalized spacial score (nSPS) is 11.9. The van der Waals surface area contributed by atoms with Gasteiger partial charge in [-0.25, -0.2) is 0 Å². The quantitative estimate of drug-likeness (QED) is 0.0343. The minimum atomic E-state index is -0.764. The van der Waals surface area contributed by atoms with E-state index in [-0.39, 0.29) is 31.1 Å². The molecule has 6 heteroatoms. The molecule has 0 aromatic carbocycles. The molecule has 0 aromatic rings. The third-order valence-corrected chi connectivity index (χ3v) is 18.1.